The molecule has 0 N–H and O–H groups in total. The summed E-state index contributed by atoms with van der Waals surface area (Å²) in [4.78, 5) is 61.8. The number of carbonyl (C=O) groups excluding carboxylic acids is 5. The van der Waals surface area contributed by atoms with Crippen LogP contribution in [0.1, 0.15) is 58.4 Å². The van der Waals surface area contributed by atoms with Gasteiger partial charge >= 0.3 is 71.5 Å². The van der Waals surface area contributed by atoms with Crippen LogP contribution in [-0.4, -0.2) is 112 Å². The van der Waals surface area contributed by atoms with Gasteiger partial charge in [-0.3, -0.25) is 19.2 Å². The summed E-state index contributed by atoms with van der Waals surface area (Å²) in [6.45, 7) is -4.20. The SMILES string of the molecule is COC(=O)[C@](C)(COC(C)=O)COC(=O)OC[C@](C)(COC(=O)C(C)(C)C[C@H](Br)c1ccccc1)C(=O)OCC(F)(F)C(F)(F)C(F)(F)C(F)(F)C(F)(F)C(F)(F)C(C)(F)F. The number of carbonyl (C=O) groups is 5. The van der Waals surface area contributed by atoms with E-state index in [0.717, 1.165) is 21.0 Å². The molecule has 0 radical (unpaired) electrons. The number of rotatable bonds is 22. The molecule has 0 aliphatic rings. The fourth-order valence-electron chi connectivity index (χ4n) is 4.55. The number of alkyl halides is 15. The van der Waals surface area contributed by atoms with E-state index < -0.39 is 133 Å². The summed E-state index contributed by atoms with van der Waals surface area (Å²) < 4.78 is 224. The summed E-state index contributed by atoms with van der Waals surface area (Å²) in [5.74, 6) is -59.0. The predicted molar refractivity (Wildman–Crippen MR) is 181 cm³/mol. The third kappa shape index (κ3) is 11.9. The lowest BCUT2D eigenvalue weighted by atomic mass is 9.86. The van der Waals surface area contributed by atoms with Crippen LogP contribution in [0.2, 0.25) is 0 Å². The Morgan fingerprint density at radius 2 is 0.934 bits per heavy atom. The van der Waals surface area contributed by atoms with Crippen LogP contribution in [0.5, 0.6) is 0 Å². The topological polar surface area (TPSA) is 141 Å². The van der Waals surface area contributed by atoms with Gasteiger partial charge in [-0.1, -0.05) is 46.3 Å². The Labute approximate surface area is 346 Å². The van der Waals surface area contributed by atoms with Gasteiger partial charge in [0.25, 0.3) is 0 Å². The van der Waals surface area contributed by atoms with E-state index in [1.54, 1.807) is 30.3 Å². The second kappa shape index (κ2) is 19.1. The standard InChI is InChI=1S/C35H39BrF14O11/c1-19(51)57-14-27(4,23(53)56-7)16-60-25(55)61-17-28(5,15-58-22(52)26(2,3)13-21(36)20-11-9-8-10-12-20)24(54)59-18-30(39,40)32(43,44)34(47,48)35(49,50)33(45,46)31(41,42)29(6,37)38/h8-12,21H,13-18H2,1-7H3/t21-,27+,28-/m0/s1. The fourth-order valence-corrected chi connectivity index (χ4v) is 5.67. The average Bonchev–Trinajstić information content (AvgIpc) is 3.15. The second-order valence-corrected chi connectivity index (χ2v) is 15.9. The normalized spacial score (nSPS) is 16.0. The van der Waals surface area contributed by atoms with E-state index >= 15 is 0 Å². The summed E-state index contributed by atoms with van der Waals surface area (Å²) in [6, 6.07) is 8.31. The predicted octanol–water partition coefficient (Wildman–Crippen LogP) is 8.99. The number of hydrogen-bond donors (Lipinski definition) is 0. The molecule has 0 heterocycles. The molecule has 1 aromatic rings. The fraction of sp³-hybridized carbons (Fsp3) is 0.686. The van der Waals surface area contributed by atoms with Gasteiger partial charge in [-0.2, -0.15) is 61.5 Å². The highest BCUT2D eigenvalue weighted by molar-refractivity contribution is 9.09. The van der Waals surface area contributed by atoms with Crippen LogP contribution < -0.4 is 0 Å². The molecule has 61 heavy (non-hydrogen) atoms. The van der Waals surface area contributed by atoms with Gasteiger partial charge in [0.2, 0.25) is 0 Å². The number of ether oxygens (including phenoxy) is 6. The van der Waals surface area contributed by atoms with Gasteiger partial charge in [-0.25, -0.2) is 4.79 Å². The molecule has 0 aliphatic carbocycles. The van der Waals surface area contributed by atoms with Gasteiger partial charge in [-0.15, -0.1) is 0 Å². The highest BCUT2D eigenvalue weighted by Crippen LogP contribution is 2.62. The van der Waals surface area contributed by atoms with E-state index in [9.17, 15) is 85.4 Å². The quantitative estimate of drug-likeness (QED) is 0.0476. The van der Waals surface area contributed by atoms with E-state index in [0.29, 0.717) is 12.5 Å². The van der Waals surface area contributed by atoms with Crippen LogP contribution in [0.3, 0.4) is 0 Å². The zero-order chi connectivity index (χ0) is 48.1. The first-order valence-electron chi connectivity index (χ1n) is 16.9. The highest BCUT2D eigenvalue weighted by Gasteiger charge is 2.92. The molecule has 11 nitrogen and oxygen atoms in total. The van der Waals surface area contributed by atoms with Crippen molar-refractivity contribution in [2.75, 3.05) is 40.1 Å². The Hall–Kier alpha value is -4.13. The first-order chi connectivity index (χ1) is 27.2. The van der Waals surface area contributed by atoms with E-state index in [2.05, 4.69) is 25.4 Å². The molecule has 26 heteroatoms. The van der Waals surface area contributed by atoms with Gasteiger partial charge in [-0.05, 0) is 39.7 Å². The molecule has 350 valence electrons. The molecule has 0 aromatic heterocycles. The van der Waals surface area contributed by atoms with Gasteiger partial charge in [0.1, 0.15) is 37.3 Å². The monoisotopic (exact) mass is 980 g/mol. The highest BCUT2D eigenvalue weighted by atomic mass is 79.9. The molecule has 3 atom stereocenters. The molecule has 0 amide bonds. The minimum Gasteiger partial charge on any atom is -0.468 e. The zero-order valence-corrected chi connectivity index (χ0v) is 34.5. The van der Waals surface area contributed by atoms with Crippen LogP contribution in [0.25, 0.3) is 0 Å². The Morgan fingerprint density at radius 1 is 0.541 bits per heavy atom. The second-order valence-electron chi connectivity index (χ2n) is 14.8. The third-order valence-electron chi connectivity index (χ3n) is 8.68. The van der Waals surface area contributed by atoms with Gasteiger partial charge in [0.15, 0.2) is 6.61 Å². The molecule has 1 aromatic carbocycles. The maximum Gasteiger partial charge on any atom is 0.508 e. The number of esters is 4. The molecule has 0 bridgehead atoms. The Balaban J connectivity index is 3.48. The Morgan fingerprint density at radius 3 is 1.38 bits per heavy atom. The zero-order valence-electron chi connectivity index (χ0n) is 32.9. The van der Waals surface area contributed by atoms with Crippen LogP contribution in [0.15, 0.2) is 30.3 Å². The number of halogens is 15. The molecule has 0 fully saturated rings. The lowest BCUT2D eigenvalue weighted by Gasteiger charge is -2.42. The van der Waals surface area contributed by atoms with Crippen molar-refractivity contribution in [2.45, 2.75) is 94.2 Å². The first-order valence-corrected chi connectivity index (χ1v) is 17.9. The minimum absolute atomic E-state index is 0.0623. The van der Waals surface area contributed by atoms with E-state index in [-0.39, 0.29) is 6.42 Å². The summed E-state index contributed by atoms with van der Waals surface area (Å²) in [6.07, 6.45) is -1.91. The van der Waals surface area contributed by atoms with E-state index in [1.165, 1.54) is 13.8 Å². The van der Waals surface area contributed by atoms with Crippen molar-refractivity contribution in [2.24, 2.45) is 16.2 Å². The molecule has 0 saturated carbocycles. The lowest BCUT2D eigenvalue weighted by molar-refractivity contribution is -0.441. The van der Waals surface area contributed by atoms with Crippen molar-refractivity contribution in [3.63, 3.8) is 0 Å². The third-order valence-corrected chi connectivity index (χ3v) is 9.53. The lowest BCUT2D eigenvalue weighted by Crippen LogP contribution is -2.73. The summed E-state index contributed by atoms with van der Waals surface area (Å²) in [7, 11) is 0.888. The molecule has 1 rings (SSSR count). The van der Waals surface area contributed by atoms with Crippen molar-refractivity contribution in [1.82, 2.24) is 0 Å². The molecular weight excluding hydrogens is 942 g/mol. The van der Waals surface area contributed by atoms with Gasteiger partial charge in [0, 0.05) is 18.7 Å². The molecule has 0 aliphatic heterocycles. The van der Waals surface area contributed by atoms with Crippen molar-refractivity contribution in [3.8, 4) is 0 Å². The van der Waals surface area contributed by atoms with Crippen molar-refractivity contribution in [1.29, 1.82) is 0 Å². The Kier molecular flexibility index (Phi) is 17.2. The van der Waals surface area contributed by atoms with Crippen LogP contribution in [-0.2, 0) is 47.6 Å². The maximum absolute atomic E-state index is 14.7. The van der Waals surface area contributed by atoms with Crippen molar-refractivity contribution in [3.05, 3.63) is 35.9 Å². The maximum atomic E-state index is 14.7. The van der Waals surface area contributed by atoms with Crippen LogP contribution in [0.4, 0.5) is 66.3 Å². The van der Waals surface area contributed by atoms with Crippen LogP contribution >= 0.6 is 15.9 Å². The molecule has 0 unspecified atom stereocenters. The molecule has 0 saturated heterocycles. The Bertz CT molecular complexity index is 1730. The van der Waals surface area contributed by atoms with Crippen LogP contribution in [0, 0.1) is 16.2 Å². The smallest absolute Gasteiger partial charge is 0.468 e. The number of benzene rings is 1. The number of methoxy groups -OCH3 is 1. The summed E-state index contributed by atoms with van der Waals surface area (Å²) >= 11 is 3.36. The molecular formula is C35H39BrF14O11. The van der Waals surface area contributed by atoms with E-state index in [4.69, 9.17) is 18.9 Å². The van der Waals surface area contributed by atoms with Gasteiger partial charge in [0.05, 0.1) is 12.5 Å². The van der Waals surface area contributed by atoms with Crippen molar-refractivity contribution >= 4 is 46.0 Å². The largest absolute Gasteiger partial charge is 0.508 e. The molecule has 0 spiro atoms. The summed E-state index contributed by atoms with van der Waals surface area (Å²) in [5.41, 5.74) is -5.67. The minimum atomic E-state index is -8.36. The summed E-state index contributed by atoms with van der Waals surface area (Å²) in [5, 5.41) is 0. The van der Waals surface area contributed by atoms with E-state index in [1.807, 2.05) is 0 Å². The first kappa shape index (κ1) is 54.9. The number of hydrogen-bond acceptors (Lipinski definition) is 11. The van der Waals surface area contributed by atoms with Crippen molar-refractivity contribution < 1.29 is 114 Å². The average molecular weight is 982 g/mol. The van der Waals surface area contributed by atoms with Gasteiger partial charge < -0.3 is 28.4 Å².